The number of hydrogen-bond donors (Lipinski definition) is 3. The van der Waals surface area contributed by atoms with Crippen molar-refractivity contribution in [2.24, 2.45) is 0 Å². The largest absolute Gasteiger partial charge is 0.395 e. The van der Waals surface area contributed by atoms with E-state index in [2.05, 4.69) is 25.5 Å². The van der Waals surface area contributed by atoms with E-state index < -0.39 is 0 Å². The van der Waals surface area contributed by atoms with Crippen LogP contribution < -0.4 is 10.6 Å². The molecule has 0 aliphatic heterocycles. The Morgan fingerprint density at radius 1 is 1.19 bits per heavy atom. The maximum atomic E-state index is 8.67. The van der Waals surface area contributed by atoms with Crippen molar-refractivity contribution in [3.05, 3.63) is 12.4 Å². The molecule has 0 spiro atoms. The minimum Gasteiger partial charge on any atom is -0.395 e. The Morgan fingerprint density at radius 2 is 1.81 bits per heavy atom. The number of nitrogens with zero attached hydrogens (tertiary/aromatic N) is 3. The maximum absolute atomic E-state index is 8.67. The number of nitrogens with one attached hydrogen (secondary N) is 2. The van der Waals surface area contributed by atoms with Crippen LogP contribution in [0.4, 0.5) is 11.6 Å². The molecule has 0 aliphatic carbocycles. The molecule has 0 amide bonds. The molecule has 0 aliphatic rings. The Morgan fingerprint density at radius 3 is 2.38 bits per heavy atom. The van der Waals surface area contributed by atoms with Gasteiger partial charge in [-0.2, -0.15) is 0 Å². The van der Waals surface area contributed by atoms with Gasteiger partial charge in [-0.05, 0) is 14.1 Å². The number of hydrogen-bond acceptors (Lipinski definition) is 6. The molecule has 0 radical (unpaired) electrons. The van der Waals surface area contributed by atoms with Crippen LogP contribution in [0.25, 0.3) is 0 Å². The molecule has 0 bridgehead atoms. The quantitative estimate of drug-likeness (QED) is 0.599. The van der Waals surface area contributed by atoms with Gasteiger partial charge < -0.3 is 20.6 Å². The second kappa shape index (κ2) is 6.97. The fraction of sp³-hybridized carbons (Fsp3) is 0.600. The first kappa shape index (κ1) is 12.7. The first-order valence-electron chi connectivity index (χ1n) is 5.27. The second-order valence-corrected chi connectivity index (χ2v) is 3.67. The molecule has 0 atom stereocenters. The van der Waals surface area contributed by atoms with Crippen molar-refractivity contribution in [3.63, 3.8) is 0 Å². The zero-order valence-electron chi connectivity index (χ0n) is 9.77. The van der Waals surface area contributed by atoms with Gasteiger partial charge in [0.25, 0.3) is 0 Å². The van der Waals surface area contributed by atoms with Crippen LogP contribution in [0.15, 0.2) is 12.4 Å². The van der Waals surface area contributed by atoms with Crippen molar-refractivity contribution >= 4 is 11.6 Å². The van der Waals surface area contributed by atoms with Crippen LogP contribution in [0.1, 0.15) is 0 Å². The second-order valence-electron chi connectivity index (χ2n) is 3.67. The summed E-state index contributed by atoms with van der Waals surface area (Å²) >= 11 is 0. The van der Waals surface area contributed by atoms with E-state index in [4.69, 9.17) is 5.11 Å². The first-order valence-corrected chi connectivity index (χ1v) is 5.27. The summed E-state index contributed by atoms with van der Waals surface area (Å²) < 4.78 is 0. The number of likely N-dealkylation sites (N-methyl/N-ethyl adjacent to an activating group) is 1. The summed E-state index contributed by atoms with van der Waals surface area (Å²) in [6.45, 7) is 2.37. The lowest BCUT2D eigenvalue weighted by atomic mass is 10.5. The van der Waals surface area contributed by atoms with Crippen molar-refractivity contribution in [3.8, 4) is 0 Å². The molecule has 16 heavy (non-hydrogen) atoms. The summed E-state index contributed by atoms with van der Waals surface area (Å²) in [6, 6.07) is 1.82. The van der Waals surface area contributed by atoms with E-state index in [0.29, 0.717) is 6.54 Å². The maximum Gasteiger partial charge on any atom is 0.131 e. The van der Waals surface area contributed by atoms with Crippen LogP contribution in [0, 0.1) is 0 Å². The van der Waals surface area contributed by atoms with Gasteiger partial charge in [-0.25, -0.2) is 9.97 Å². The predicted octanol–water partition coefficient (Wildman–Crippen LogP) is -0.146. The average molecular weight is 225 g/mol. The molecule has 6 heteroatoms. The summed E-state index contributed by atoms with van der Waals surface area (Å²) in [7, 11) is 4.05. The molecule has 90 valence electrons. The smallest absolute Gasteiger partial charge is 0.131 e. The highest BCUT2D eigenvalue weighted by atomic mass is 16.3. The fourth-order valence-corrected chi connectivity index (χ4v) is 1.14. The Kier molecular flexibility index (Phi) is 5.52. The van der Waals surface area contributed by atoms with Crippen molar-refractivity contribution < 1.29 is 5.11 Å². The van der Waals surface area contributed by atoms with E-state index >= 15 is 0 Å². The number of anilines is 2. The van der Waals surface area contributed by atoms with Crippen LogP contribution in [-0.2, 0) is 0 Å². The van der Waals surface area contributed by atoms with Crippen LogP contribution >= 0.6 is 0 Å². The average Bonchev–Trinajstić information content (AvgIpc) is 2.26. The third kappa shape index (κ3) is 4.90. The Balaban J connectivity index is 2.40. The Labute approximate surface area is 95.7 Å². The summed E-state index contributed by atoms with van der Waals surface area (Å²) in [5, 5.41) is 14.9. The highest BCUT2D eigenvalue weighted by Gasteiger charge is 1.97. The Bertz CT molecular complexity index is 305. The molecule has 0 aromatic carbocycles. The molecule has 0 fully saturated rings. The highest BCUT2D eigenvalue weighted by molar-refractivity contribution is 5.46. The van der Waals surface area contributed by atoms with Crippen LogP contribution in [0.2, 0.25) is 0 Å². The van der Waals surface area contributed by atoms with E-state index in [1.165, 1.54) is 6.33 Å². The van der Waals surface area contributed by atoms with Gasteiger partial charge >= 0.3 is 0 Å². The normalized spacial score (nSPS) is 10.5. The number of aliphatic hydroxyl groups is 1. The first-order chi connectivity index (χ1) is 7.72. The third-order valence-electron chi connectivity index (χ3n) is 1.95. The van der Waals surface area contributed by atoms with E-state index in [1.54, 1.807) is 0 Å². The number of rotatable bonds is 7. The minimum absolute atomic E-state index is 0.0907. The van der Waals surface area contributed by atoms with Gasteiger partial charge in [-0.1, -0.05) is 0 Å². The molecule has 0 saturated carbocycles. The van der Waals surface area contributed by atoms with Gasteiger partial charge in [0.15, 0.2) is 0 Å². The topological polar surface area (TPSA) is 73.3 Å². The SMILES string of the molecule is CN(C)CCNc1cc(NCCO)ncn1. The molecule has 1 rings (SSSR count). The third-order valence-corrected chi connectivity index (χ3v) is 1.95. The molecular formula is C10H19N5O. The molecule has 0 unspecified atom stereocenters. The van der Waals surface area contributed by atoms with Crippen molar-refractivity contribution in [1.29, 1.82) is 0 Å². The van der Waals surface area contributed by atoms with Gasteiger partial charge in [0.1, 0.15) is 18.0 Å². The molecule has 1 heterocycles. The van der Waals surface area contributed by atoms with Crippen LogP contribution in [0.5, 0.6) is 0 Å². The van der Waals surface area contributed by atoms with Crippen molar-refractivity contribution in [1.82, 2.24) is 14.9 Å². The summed E-state index contributed by atoms with van der Waals surface area (Å²) in [5.74, 6) is 1.51. The van der Waals surface area contributed by atoms with Crippen molar-refractivity contribution in [2.45, 2.75) is 0 Å². The minimum atomic E-state index is 0.0907. The van der Waals surface area contributed by atoms with Gasteiger partial charge in [0.05, 0.1) is 6.61 Å². The number of aromatic nitrogens is 2. The molecule has 1 aromatic rings. The van der Waals surface area contributed by atoms with Gasteiger partial charge in [-0.15, -0.1) is 0 Å². The molecule has 3 N–H and O–H groups in total. The van der Waals surface area contributed by atoms with E-state index in [0.717, 1.165) is 24.7 Å². The molecular weight excluding hydrogens is 206 g/mol. The predicted molar refractivity (Wildman–Crippen MR) is 64.7 cm³/mol. The fourth-order valence-electron chi connectivity index (χ4n) is 1.14. The zero-order chi connectivity index (χ0) is 11.8. The molecule has 0 saturated heterocycles. The lowest BCUT2D eigenvalue weighted by molar-refractivity contribution is 0.311. The standard InChI is InChI=1S/C10H19N5O/c1-15(2)5-3-11-9-7-10(12-4-6-16)14-8-13-9/h7-8,16H,3-6H2,1-2H3,(H2,11,12,13,14). The monoisotopic (exact) mass is 225 g/mol. The van der Waals surface area contributed by atoms with Gasteiger partial charge in [0.2, 0.25) is 0 Å². The molecule has 1 aromatic heterocycles. The van der Waals surface area contributed by atoms with Crippen LogP contribution in [-0.4, -0.2) is 60.3 Å². The van der Waals surface area contributed by atoms with E-state index in [-0.39, 0.29) is 6.61 Å². The van der Waals surface area contributed by atoms with Gasteiger partial charge in [-0.3, -0.25) is 0 Å². The van der Waals surface area contributed by atoms with Crippen LogP contribution in [0.3, 0.4) is 0 Å². The van der Waals surface area contributed by atoms with E-state index in [9.17, 15) is 0 Å². The lowest BCUT2D eigenvalue weighted by Crippen LogP contribution is -2.21. The summed E-state index contributed by atoms with van der Waals surface area (Å²) in [4.78, 5) is 10.2. The lowest BCUT2D eigenvalue weighted by Gasteiger charge is -2.11. The van der Waals surface area contributed by atoms with Gasteiger partial charge in [0, 0.05) is 25.7 Å². The zero-order valence-corrected chi connectivity index (χ0v) is 9.77. The summed E-state index contributed by atoms with van der Waals surface area (Å²) in [6.07, 6.45) is 1.50. The number of aliphatic hydroxyl groups excluding tert-OH is 1. The van der Waals surface area contributed by atoms with E-state index in [1.807, 2.05) is 20.2 Å². The highest BCUT2D eigenvalue weighted by Crippen LogP contribution is 2.07. The van der Waals surface area contributed by atoms with Crippen molar-refractivity contribution in [2.75, 3.05) is 51.0 Å². The molecule has 6 nitrogen and oxygen atoms in total. The Hall–Kier alpha value is -1.40. The summed E-state index contributed by atoms with van der Waals surface area (Å²) in [5.41, 5.74) is 0.